The minimum absolute atomic E-state index is 0.0439. The zero-order chi connectivity index (χ0) is 12.6. The molecule has 0 radical (unpaired) electrons. The van der Waals surface area contributed by atoms with Gasteiger partial charge in [0, 0.05) is 7.05 Å². The molecule has 0 aliphatic rings. The Balaban J connectivity index is 3.81. The number of ether oxygens (including phenoxy) is 1. The lowest BCUT2D eigenvalue weighted by Gasteiger charge is -2.15. The van der Waals surface area contributed by atoms with Crippen LogP contribution in [0.1, 0.15) is 6.92 Å². The number of thioether (sulfide) groups is 1. The first-order chi connectivity index (χ1) is 7.47. The van der Waals surface area contributed by atoms with E-state index in [0.717, 1.165) is 11.8 Å². The average molecular weight is 249 g/mol. The molecule has 0 spiro atoms. The van der Waals surface area contributed by atoms with Crippen molar-refractivity contribution in [2.45, 2.75) is 6.92 Å². The van der Waals surface area contributed by atoms with Crippen molar-refractivity contribution in [3.8, 4) is 0 Å². The normalized spacial score (nSPS) is 9.62. The van der Waals surface area contributed by atoms with Gasteiger partial charge in [-0.2, -0.15) is 0 Å². The summed E-state index contributed by atoms with van der Waals surface area (Å²) >= 11 is 0.995. The second-order valence-corrected chi connectivity index (χ2v) is 3.93. The molecule has 0 atom stereocenters. The van der Waals surface area contributed by atoms with Gasteiger partial charge in [-0.3, -0.25) is 14.4 Å². The quantitative estimate of drug-likeness (QED) is 0.630. The van der Waals surface area contributed by atoms with Crippen LogP contribution in [0, 0.1) is 0 Å². The molecule has 0 aromatic rings. The minimum Gasteiger partial charge on any atom is -0.481 e. The number of carboxylic acid groups (broad SMARTS) is 1. The van der Waals surface area contributed by atoms with E-state index in [1.807, 2.05) is 0 Å². The number of rotatable bonds is 7. The Morgan fingerprint density at radius 3 is 2.44 bits per heavy atom. The van der Waals surface area contributed by atoms with Crippen molar-refractivity contribution in [3.63, 3.8) is 0 Å². The van der Waals surface area contributed by atoms with Gasteiger partial charge >= 0.3 is 11.9 Å². The number of amides is 1. The monoisotopic (exact) mass is 249 g/mol. The summed E-state index contributed by atoms with van der Waals surface area (Å²) in [7, 11) is 1.47. The molecule has 0 saturated carbocycles. The van der Waals surface area contributed by atoms with Gasteiger partial charge in [0.05, 0.1) is 18.1 Å². The Kier molecular flexibility index (Phi) is 7.36. The van der Waals surface area contributed by atoms with Crippen LogP contribution in [-0.2, 0) is 19.1 Å². The van der Waals surface area contributed by atoms with Crippen LogP contribution in [0.2, 0.25) is 0 Å². The fourth-order valence-corrected chi connectivity index (χ4v) is 1.50. The summed E-state index contributed by atoms with van der Waals surface area (Å²) in [5, 5.41) is 8.36. The molecule has 6 nitrogen and oxygen atoms in total. The third-order valence-electron chi connectivity index (χ3n) is 1.55. The number of hydrogen-bond donors (Lipinski definition) is 1. The molecule has 16 heavy (non-hydrogen) atoms. The molecular weight excluding hydrogens is 234 g/mol. The number of nitrogens with zero attached hydrogens (tertiary/aromatic N) is 1. The molecule has 1 N–H and O–H groups in total. The third-order valence-corrected chi connectivity index (χ3v) is 2.45. The van der Waals surface area contributed by atoms with Gasteiger partial charge in [0.25, 0.3) is 0 Å². The van der Waals surface area contributed by atoms with Crippen LogP contribution in [-0.4, -0.2) is 59.6 Å². The third kappa shape index (κ3) is 7.10. The highest BCUT2D eigenvalue weighted by Gasteiger charge is 2.13. The molecule has 0 aliphatic heterocycles. The maximum atomic E-state index is 11.4. The first-order valence-electron chi connectivity index (χ1n) is 4.66. The van der Waals surface area contributed by atoms with E-state index in [2.05, 4.69) is 4.74 Å². The van der Waals surface area contributed by atoms with E-state index >= 15 is 0 Å². The average Bonchev–Trinajstić information content (AvgIpc) is 2.17. The van der Waals surface area contributed by atoms with E-state index in [9.17, 15) is 14.4 Å². The maximum Gasteiger partial charge on any atom is 0.325 e. The van der Waals surface area contributed by atoms with Crippen molar-refractivity contribution in [2.24, 2.45) is 0 Å². The van der Waals surface area contributed by atoms with Crippen molar-refractivity contribution in [1.82, 2.24) is 4.90 Å². The molecule has 1 amide bonds. The molecule has 92 valence electrons. The van der Waals surface area contributed by atoms with Crippen LogP contribution in [0.25, 0.3) is 0 Å². The second-order valence-electron chi connectivity index (χ2n) is 2.94. The van der Waals surface area contributed by atoms with Gasteiger partial charge in [-0.05, 0) is 6.92 Å². The van der Waals surface area contributed by atoms with E-state index < -0.39 is 11.9 Å². The minimum atomic E-state index is -0.967. The number of hydrogen-bond acceptors (Lipinski definition) is 5. The molecular formula is C9H15NO5S. The summed E-state index contributed by atoms with van der Waals surface area (Å²) in [4.78, 5) is 33.8. The molecule has 0 bridgehead atoms. The summed E-state index contributed by atoms with van der Waals surface area (Å²) < 4.78 is 4.67. The Hall–Kier alpha value is -1.24. The van der Waals surface area contributed by atoms with Crippen LogP contribution in [0.3, 0.4) is 0 Å². The fourth-order valence-electron chi connectivity index (χ4n) is 0.824. The van der Waals surface area contributed by atoms with E-state index in [1.54, 1.807) is 6.92 Å². The Morgan fingerprint density at radius 2 is 1.94 bits per heavy atom. The van der Waals surface area contributed by atoms with Crippen LogP contribution in [0.15, 0.2) is 0 Å². The number of aliphatic carboxylic acids is 1. The SMILES string of the molecule is CCOC(=O)CN(C)C(=O)CSCC(=O)O. The molecule has 0 rings (SSSR count). The number of carbonyl (C=O) groups is 3. The Labute approximate surface area is 97.9 Å². The van der Waals surface area contributed by atoms with Gasteiger partial charge in [-0.15, -0.1) is 11.8 Å². The van der Waals surface area contributed by atoms with Crippen molar-refractivity contribution in [3.05, 3.63) is 0 Å². The summed E-state index contributed by atoms with van der Waals surface area (Å²) in [5.74, 6) is -1.81. The highest BCUT2D eigenvalue weighted by Crippen LogP contribution is 2.01. The first kappa shape index (κ1) is 14.8. The molecule has 7 heteroatoms. The molecule has 0 aromatic carbocycles. The predicted octanol–water partition coefficient (Wildman–Crippen LogP) is -0.174. The first-order valence-corrected chi connectivity index (χ1v) is 5.82. The van der Waals surface area contributed by atoms with Crippen molar-refractivity contribution < 1.29 is 24.2 Å². The van der Waals surface area contributed by atoms with Crippen LogP contribution in [0.4, 0.5) is 0 Å². The summed E-state index contributed by atoms with van der Waals surface area (Å²) in [6, 6.07) is 0. The number of carboxylic acids is 1. The highest BCUT2D eigenvalue weighted by atomic mass is 32.2. The zero-order valence-electron chi connectivity index (χ0n) is 9.26. The van der Waals surface area contributed by atoms with Gasteiger partial charge in [0.2, 0.25) is 5.91 Å². The largest absolute Gasteiger partial charge is 0.481 e. The van der Waals surface area contributed by atoms with Crippen molar-refractivity contribution >= 4 is 29.6 Å². The lowest BCUT2D eigenvalue weighted by molar-refractivity contribution is -0.147. The molecule has 0 fully saturated rings. The number of likely N-dealkylation sites (N-methyl/N-ethyl adjacent to an activating group) is 1. The number of carbonyl (C=O) groups excluding carboxylic acids is 2. The van der Waals surface area contributed by atoms with Crippen molar-refractivity contribution in [1.29, 1.82) is 0 Å². The lowest BCUT2D eigenvalue weighted by atomic mass is 10.5. The van der Waals surface area contributed by atoms with Crippen LogP contribution < -0.4 is 0 Å². The van der Waals surface area contributed by atoms with E-state index in [-0.39, 0.29) is 30.6 Å². The van der Waals surface area contributed by atoms with Gasteiger partial charge in [-0.1, -0.05) is 0 Å². The molecule has 0 saturated heterocycles. The van der Waals surface area contributed by atoms with E-state index in [4.69, 9.17) is 5.11 Å². The topological polar surface area (TPSA) is 83.9 Å². The molecule has 0 aliphatic carbocycles. The fraction of sp³-hybridized carbons (Fsp3) is 0.667. The summed E-state index contributed by atoms with van der Waals surface area (Å²) in [6.07, 6.45) is 0. The molecule has 0 unspecified atom stereocenters. The highest BCUT2D eigenvalue weighted by molar-refractivity contribution is 8.00. The lowest BCUT2D eigenvalue weighted by Crippen LogP contribution is -2.34. The van der Waals surface area contributed by atoms with Gasteiger partial charge in [-0.25, -0.2) is 0 Å². The van der Waals surface area contributed by atoms with Gasteiger partial charge in [0.1, 0.15) is 6.54 Å². The summed E-state index contributed by atoms with van der Waals surface area (Å²) in [6.45, 7) is 1.84. The van der Waals surface area contributed by atoms with Gasteiger partial charge in [0.15, 0.2) is 0 Å². The Bertz CT molecular complexity index is 269. The number of esters is 1. The van der Waals surface area contributed by atoms with E-state index in [1.165, 1.54) is 11.9 Å². The van der Waals surface area contributed by atoms with E-state index in [0.29, 0.717) is 0 Å². The zero-order valence-corrected chi connectivity index (χ0v) is 10.1. The molecule has 0 heterocycles. The van der Waals surface area contributed by atoms with Crippen LogP contribution >= 0.6 is 11.8 Å². The smallest absolute Gasteiger partial charge is 0.325 e. The van der Waals surface area contributed by atoms with Gasteiger partial charge < -0.3 is 14.7 Å². The Morgan fingerprint density at radius 1 is 1.31 bits per heavy atom. The summed E-state index contributed by atoms with van der Waals surface area (Å²) in [5.41, 5.74) is 0. The van der Waals surface area contributed by atoms with Crippen molar-refractivity contribution in [2.75, 3.05) is 31.7 Å². The predicted molar refractivity (Wildman–Crippen MR) is 59.2 cm³/mol. The standard InChI is InChI=1S/C9H15NO5S/c1-3-15-9(14)4-10(2)7(11)5-16-6-8(12)13/h3-6H2,1-2H3,(H,12,13). The van der Waals surface area contributed by atoms with Crippen LogP contribution in [0.5, 0.6) is 0 Å². The second kappa shape index (κ2) is 7.98. The maximum absolute atomic E-state index is 11.4. The molecule has 0 aromatic heterocycles.